The van der Waals surface area contributed by atoms with E-state index in [0.717, 1.165) is 19.4 Å². The molecule has 2 N–H and O–H groups in total. The van der Waals surface area contributed by atoms with Gasteiger partial charge in [-0.3, -0.25) is 4.79 Å². The lowest BCUT2D eigenvalue weighted by atomic mass is 10.1. The molecule has 1 amide bonds. The molecular weight excluding hydrogens is 244 g/mol. The van der Waals surface area contributed by atoms with Gasteiger partial charge in [0.25, 0.3) is 0 Å². The molecule has 0 aromatic carbocycles. The maximum absolute atomic E-state index is 11.8. The third-order valence-electron chi connectivity index (χ3n) is 3.61. The first kappa shape index (κ1) is 15.8. The lowest BCUT2D eigenvalue weighted by molar-refractivity contribution is -0.121. The first-order chi connectivity index (χ1) is 8.53. The van der Waals surface area contributed by atoms with E-state index < -0.39 is 0 Å². The SMILES string of the molecule is CSC(C)(C)CNCC(=O)NC1CCCCCC1. The van der Waals surface area contributed by atoms with Crippen LogP contribution in [0.1, 0.15) is 52.4 Å². The lowest BCUT2D eigenvalue weighted by Gasteiger charge is -2.22. The largest absolute Gasteiger partial charge is 0.352 e. The molecule has 0 aliphatic heterocycles. The van der Waals surface area contributed by atoms with Crippen LogP contribution in [0.4, 0.5) is 0 Å². The van der Waals surface area contributed by atoms with Crippen LogP contribution < -0.4 is 10.6 Å². The fourth-order valence-corrected chi connectivity index (χ4v) is 2.50. The predicted molar refractivity (Wildman–Crippen MR) is 80.1 cm³/mol. The molecule has 0 unspecified atom stereocenters. The van der Waals surface area contributed by atoms with E-state index in [0.29, 0.717) is 12.6 Å². The van der Waals surface area contributed by atoms with Crippen LogP contribution in [-0.2, 0) is 4.79 Å². The first-order valence-corrected chi connectivity index (χ1v) is 8.31. The van der Waals surface area contributed by atoms with Crippen LogP contribution >= 0.6 is 11.8 Å². The highest BCUT2D eigenvalue weighted by Gasteiger charge is 2.17. The average Bonchev–Trinajstić information content (AvgIpc) is 2.57. The Morgan fingerprint density at radius 1 is 1.22 bits per heavy atom. The fourth-order valence-electron chi connectivity index (χ4n) is 2.25. The van der Waals surface area contributed by atoms with Crippen molar-refractivity contribution in [3.8, 4) is 0 Å². The molecule has 18 heavy (non-hydrogen) atoms. The van der Waals surface area contributed by atoms with Gasteiger partial charge in [0.2, 0.25) is 5.91 Å². The summed E-state index contributed by atoms with van der Waals surface area (Å²) >= 11 is 1.82. The third-order valence-corrected chi connectivity index (χ3v) is 4.86. The maximum atomic E-state index is 11.8. The molecule has 1 aliphatic rings. The molecule has 106 valence electrons. The van der Waals surface area contributed by atoms with Gasteiger partial charge in [0, 0.05) is 17.3 Å². The van der Waals surface area contributed by atoms with E-state index in [1.165, 1.54) is 25.7 Å². The third kappa shape index (κ3) is 6.64. The van der Waals surface area contributed by atoms with Gasteiger partial charge in [0.1, 0.15) is 0 Å². The Kier molecular flexibility index (Phi) is 7.08. The second kappa shape index (κ2) is 8.05. The van der Waals surface area contributed by atoms with Crippen molar-refractivity contribution in [2.75, 3.05) is 19.3 Å². The highest BCUT2D eigenvalue weighted by atomic mass is 32.2. The van der Waals surface area contributed by atoms with Crippen molar-refractivity contribution in [2.24, 2.45) is 0 Å². The van der Waals surface area contributed by atoms with E-state index in [9.17, 15) is 4.79 Å². The average molecular weight is 272 g/mol. The molecule has 1 fully saturated rings. The minimum atomic E-state index is 0.152. The van der Waals surface area contributed by atoms with Crippen molar-refractivity contribution in [3.05, 3.63) is 0 Å². The molecule has 0 spiro atoms. The topological polar surface area (TPSA) is 41.1 Å². The Morgan fingerprint density at radius 3 is 2.39 bits per heavy atom. The summed E-state index contributed by atoms with van der Waals surface area (Å²) in [6.07, 6.45) is 9.59. The van der Waals surface area contributed by atoms with Gasteiger partial charge in [0.05, 0.1) is 6.54 Å². The van der Waals surface area contributed by atoms with Gasteiger partial charge in [0.15, 0.2) is 0 Å². The molecule has 0 bridgehead atoms. The van der Waals surface area contributed by atoms with Gasteiger partial charge in [-0.1, -0.05) is 25.7 Å². The molecule has 0 heterocycles. The highest BCUT2D eigenvalue weighted by molar-refractivity contribution is 7.99. The molecule has 0 saturated heterocycles. The zero-order chi connectivity index (χ0) is 13.4. The predicted octanol–water partition coefficient (Wildman–Crippen LogP) is 2.56. The fraction of sp³-hybridized carbons (Fsp3) is 0.929. The monoisotopic (exact) mass is 272 g/mol. The Bertz CT molecular complexity index is 248. The molecule has 0 aromatic heterocycles. The number of amides is 1. The summed E-state index contributed by atoms with van der Waals surface area (Å²) in [5.74, 6) is 0.152. The molecule has 4 heteroatoms. The number of carbonyl (C=O) groups excluding carboxylic acids is 1. The molecular formula is C14H28N2OS. The number of nitrogens with one attached hydrogen (secondary N) is 2. The van der Waals surface area contributed by atoms with Crippen LogP contribution in [0.15, 0.2) is 0 Å². The quantitative estimate of drug-likeness (QED) is 0.730. The molecule has 1 saturated carbocycles. The van der Waals surface area contributed by atoms with Crippen LogP contribution in [0.5, 0.6) is 0 Å². The van der Waals surface area contributed by atoms with E-state index in [1.54, 1.807) is 0 Å². The maximum Gasteiger partial charge on any atom is 0.234 e. The van der Waals surface area contributed by atoms with Crippen LogP contribution in [0.2, 0.25) is 0 Å². The second-order valence-electron chi connectivity index (χ2n) is 5.82. The number of thioether (sulfide) groups is 1. The molecule has 1 aliphatic carbocycles. The molecule has 3 nitrogen and oxygen atoms in total. The Labute approximate surface area is 116 Å². The number of hydrogen-bond acceptors (Lipinski definition) is 3. The van der Waals surface area contributed by atoms with Gasteiger partial charge >= 0.3 is 0 Å². The summed E-state index contributed by atoms with van der Waals surface area (Å²) in [5.41, 5.74) is 0. The van der Waals surface area contributed by atoms with E-state index in [4.69, 9.17) is 0 Å². The zero-order valence-corrected chi connectivity index (χ0v) is 12.9. The van der Waals surface area contributed by atoms with Gasteiger partial charge in [-0.05, 0) is 32.9 Å². The Balaban J connectivity index is 2.16. The second-order valence-corrected chi connectivity index (χ2v) is 7.34. The highest BCUT2D eigenvalue weighted by Crippen LogP contribution is 2.19. The van der Waals surface area contributed by atoms with E-state index in [-0.39, 0.29) is 10.7 Å². The molecule has 0 atom stereocenters. The van der Waals surface area contributed by atoms with E-state index >= 15 is 0 Å². The number of hydrogen-bond donors (Lipinski definition) is 2. The van der Waals surface area contributed by atoms with E-state index in [2.05, 4.69) is 30.7 Å². The van der Waals surface area contributed by atoms with Crippen molar-refractivity contribution in [1.29, 1.82) is 0 Å². The van der Waals surface area contributed by atoms with Crippen molar-refractivity contribution >= 4 is 17.7 Å². The smallest absolute Gasteiger partial charge is 0.234 e. The molecule has 1 rings (SSSR count). The Hall–Kier alpha value is -0.220. The first-order valence-electron chi connectivity index (χ1n) is 7.09. The van der Waals surface area contributed by atoms with Crippen molar-refractivity contribution in [3.63, 3.8) is 0 Å². The summed E-state index contributed by atoms with van der Waals surface area (Å²) < 4.78 is 0.197. The molecule has 0 aromatic rings. The Morgan fingerprint density at radius 2 is 1.83 bits per heavy atom. The van der Waals surface area contributed by atoms with Gasteiger partial charge in [-0.15, -0.1) is 0 Å². The van der Waals surface area contributed by atoms with Crippen LogP contribution in [0.3, 0.4) is 0 Å². The van der Waals surface area contributed by atoms with Crippen LogP contribution in [0.25, 0.3) is 0 Å². The minimum absolute atomic E-state index is 0.152. The number of rotatable bonds is 6. The number of carbonyl (C=O) groups is 1. The summed E-state index contributed by atoms with van der Waals surface area (Å²) in [5, 5.41) is 6.40. The normalized spacial score (nSPS) is 18.4. The standard InChI is InChI=1S/C14H28N2OS/c1-14(2,18-3)11-15-10-13(17)16-12-8-6-4-5-7-9-12/h12,15H,4-11H2,1-3H3,(H,16,17). The zero-order valence-electron chi connectivity index (χ0n) is 12.1. The van der Waals surface area contributed by atoms with Crippen molar-refractivity contribution < 1.29 is 4.79 Å². The van der Waals surface area contributed by atoms with E-state index in [1.807, 2.05) is 11.8 Å². The molecule has 0 radical (unpaired) electrons. The summed E-state index contributed by atoms with van der Waals surface area (Å²) in [4.78, 5) is 11.8. The van der Waals surface area contributed by atoms with Gasteiger partial charge in [-0.25, -0.2) is 0 Å². The lowest BCUT2D eigenvalue weighted by Crippen LogP contribution is -2.43. The van der Waals surface area contributed by atoms with Gasteiger partial charge in [-0.2, -0.15) is 11.8 Å². The van der Waals surface area contributed by atoms with Crippen LogP contribution in [0, 0.1) is 0 Å². The summed E-state index contributed by atoms with van der Waals surface area (Å²) in [6.45, 7) is 5.69. The summed E-state index contributed by atoms with van der Waals surface area (Å²) in [6, 6.07) is 0.412. The van der Waals surface area contributed by atoms with Crippen molar-refractivity contribution in [1.82, 2.24) is 10.6 Å². The van der Waals surface area contributed by atoms with Crippen molar-refractivity contribution in [2.45, 2.75) is 63.2 Å². The summed E-state index contributed by atoms with van der Waals surface area (Å²) in [7, 11) is 0. The minimum Gasteiger partial charge on any atom is -0.352 e. The van der Waals surface area contributed by atoms with Gasteiger partial charge < -0.3 is 10.6 Å². The van der Waals surface area contributed by atoms with Crippen LogP contribution in [-0.4, -0.2) is 36.0 Å².